The molecule has 0 unspecified atom stereocenters. The van der Waals surface area contributed by atoms with E-state index in [4.69, 9.17) is 10.00 Å². The molecule has 0 aliphatic heterocycles. The first-order valence-corrected chi connectivity index (χ1v) is 8.12. The number of halogens is 1. The van der Waals surface area contributed by atoms with Gasteiger partial charge < -0.3 is 9.84 Å². The maximum atomic E-state index is 13.8. The fourth-order valence-corrected chi connectivity index (χ4v) is 2.33. The monoisotopic (exact) mass is 367 g/mol. The first-order valence-electron chi connectivity index (χ1n) is 8.12. The molecule has 0 aromatic heterocycles. The number of nitriles is 1. The van der Waals surface area contributed by atoms with Crippen LogP contribution in [0, 0.1) is 17.1 Å². The minimum absolute atomic E-state index is 0.0255. The largest absolute Gasteiger partial charge is 0.504 e. The Balaban J connectivity index is 2.19. The lowest BCUT2D eigenvalue weighted by Gasteiger charge is -2.10. The summed E-state index contributed by atoms with van der Waals surface area (Å²) in [6.07, 6.45) is 3.42. The molecule has 1 amide bonds. The van der Waals surface area contributed by atoms with Gasteiger partial charge in [0, 0.05) is 5.56 Å². The normalized spacial score (nSPS) is 10.4. The minimum atomic E-state index is -0.807. The second kappa shape index (κ2) is 9.15. The summed E-state index contributed by atoms with van der Waals surface area (Å²) >= 11 is 0. The lowest BCUT2D eigenvalue weighted by atomic mass is 10.1. The van der Waals surface area contributed by atoms with Gasteiger partial charge in [0.15, 0.2) is 11.5 Å². The number of benzene rings is 2. The van der Waals surface area contributed by atoms with Gasteiger partial charge in [-0.2, -0.15) is 10.4 Å². The lowest BCUT2D eigenvalue weighted by molar-refractivity contribution is 0.0951. The van der Waals surface area contributed by atoms with Crippen molar-refractivity contribution >= 4 is 12.1 Å². The summed E-state index contributed by atoms with van der Waals surface area (Å²) in [4.78, 5) is 12.0. The van der Waals surface area contributed by atoms with Crippen LogP contribution in [-0.4, -0.2) is 23.8 Å². The van der Waals surface area contributed by atoms with Crippen molar-refractivity contribution < 1.29 is 19.0 Å². The molecule has 0 fully saturated rings. The number of carbonyl (C=O) groups is 1. The van der Waals surface area contributed by atoms with Gasteiger partial charge in [-0.05, 0) is 49.2 Å². The van der Waals surface area contributed by atoms with Crippen molar-refractivity contribution in [1.29, 1.82) is 5.26 Å². The zero-order valence-corrected chi connectivity index (χ0v) is 14.7. The second-order valence-corrected chi connectivity index (χ2v) is 5.46. The van der Waals surface area contributed by atoms with Crippen molar-refractivity contribution in [2.45, 2.75) is 13.3 Å². The zero-order chi connectivity index (χ0) is 19.8. The first-order chi connectivity index (χ1) is 13.0. The van der Waals surface area contributed by atoms with E-state index in [-0.39, 0.29) is 16.9 Å². The summed E-state index contributed by atoms with van der Waals surface area (Å²) in [5.74, 6) is -1.23. The molecule has 6 nitrogen and oxygen atoms in total. The van der Waals surface area contributed by atoms with Crippen molar-refractivity contribution in [3.05, 3.63) is 71.1 Å². The van der Waals surface area contributed by atoms with Crippen molar-refractivity contribution in [2.24, 2.45) is 5.10 Å². The maximum Gasteiger partial charge on any atom is 0.274 e. The fraction of sp³-hybridized carbons (Fsp3) is 0.150. The maximum absolute atomic E-state index is 13.8. The molecule has 0 saturated carbocycles. The average molecular weight is 367 g/mol. The summed E-state index contributed by atoms with van der Waals surface area (Å²) in [7, 11) is 0. The van der Waals surface area contributed by atoms with Gasteiger partial charge in [-0.15, -0.1) is 6.58 Å². The van der Waals surface area contributed by atoms with E-state index in [1.54, 1.807) is 31.2 Å². The number of allylic oxidation sites excluding steroid dienone is 1. The third-order valence-corrected chi connectivity index (χ3v) is 3.56. The van der Waals surface area contributed by atoms with Crippen molar-refractivity contribution in [1.82, 2.24) is 5.43 Å². The van der Waals surface area contributed by atoms with Gasteiger partial charge in [-0.3, -0.25) is 4.79 Å². The quantitative estimate of drug-likeness (QED) is 0.446. The van der Waals surface area contributed by atoms with E-state index < -0.39 is 11.7 Å². The van der Waals surface area contributed by atoms with Crippen molar-refractivity contribution in [3.63, 3.8) is 0 Å². The van der Waals surface area contributed by atoms with Crippen LogP contribution in [0.4, 0.5) is 4.39 Å². The number of phenols is 1. The predicted molar refractivity (Wildman–Crippen MR) is 99.4 cm³/mol. The lowest BCUT2D eigenvalue weighted by Crippen LogP contribution is -2.19. The van der Waals surface area contributed by atoms with E-state index in [9.17, 15) is 14.3 Å². The van der Waals surface area contributed by atoms with Crippen LogP contribution in [0.3, 0.4) is 0 Å². The van der Waals surface area contributed by atoms with Gasteiger partial charge in [0.05, 0.1) is 30.0 Å². The average Bonchev–Trinajstić information content (AvgIpc) is 2.65. The number of hydrazone groups is 1. The topological polar surface area (TPSA) is 94.7 Å². The molecule has 0 spiro atoms. The third-order valence-electron chi connectivity index (χ3n) is 3.56. The Morgan fingerprint density at radius 1 is 1.44 bits per heavy atom. The molecule has 0 saturated heterocycles. The number of hydrogen-bond donors (Lipinski definition) is 2. The number of nitrogens with one attached hydrogen (secondary N) is 1. The number of ether oxygens (including phenoxy) is 1. The van der Waals surface area contributed by atoms with Gasteiger partial charge >= 0.3 is 0 Å². The van der Waals surface area contributed by atoms with Crippen LogP contribution >= 0.6 is 0 Å². The van der Waals surface area contributed by atoms with Crippen molar-refractivity contribution in [2.75, 3.05) is 6.61 Å². The summed E-state index contributed by atoms with van der Waals surface area (Å²) in [6, 6.07) is 8.59. The zero-order valence-electron chi connectivity index (χ0n) is 14.7. The number of amides is 1. The Kier molecular flexibility index (Phi) is 6.67. The number of hydrogen-bond acceptors (Lipinski definition) is 5. The molecule has 2 aromatic rings. The predicted octanol–water partition coefficient (Wildman–Crippen LogP) is 3.29. The molecule has 0 aliphatic rings. The SMILES string of the molecule is C=CCc1cc(/C=N\NC(=O)c2ccc(C#N)cc2F)cc(OCC)c1O. The van der Waals surface area contributed by atoms with Crippen molar-refractivity contribution in [3.8, 4) is 17.6 Å². The molecule has 2 rings (SSSR count). The molecule has 0 heterocycles. The number of carbonyl (C=O) groups excluding carboxylic acids is 1. The van der Waals surface area contributed by atoms with Gasteiger partial charge in [0.25, 0.3) is 5.91 Å². The highest BCUT2D eigenvalue weighted by atomic mass is 19.1. The van der Waals surface area contributed by atoms with Gasteiger partial charge in [0.2, 0.25) is 0 Å². The number of phenolic OH excluding ortho intramolecular Hbond substituents is 1. The standard InChI is InChI=1S/C20H18FN3O3/c1-3-5-15-8-14(10-18(19(15)25)27-4-2)12-23-24-20(26)16-7-6-13(11-22)9-17(16)21/h3,6-10,12,25H,1,4-5H2,2H3,(H,24,26)/b23-12-. The van der Waals surface area contributed by atoms with Crippen LogP contribution in [0.1, 0.15) is 34.0 Å². The molecular weight excluding hydrogens is 349 g/mol. The molecule has 2 N–H and O–H groups in total. The first kappa shape index (κ1) is 19.7. The Bertz CT molecular complexity index is 933. The van der Waals surface area contributed by atoms with Crippen LogP contribution < -0.4 is 10.2 Å². The van der Waals surface area contributed by atoms with Crippen LogP contribution in [0.5, 0.6) is 11.5 Å². The summed E-state index contributed by atoms with van der Waals surface area (Å²) in [5.41, 5.74) is 3.30. The Morgan fingerprint density at radius 2 is 2.22 bits per heavy atom. The van der Waals surface area contributed by atoms with Crippen LogP contribution in [0.25, 0.3) is 0 Å². The molecule has 0 atom stereocenters. The van der Waals surface area contributed by atoms with Gasteiger partial charge in [-0.1, -0.05) is 6.08 Å². The molecule has 27 heavy (non-hydrogen) atoms. The third kappa shape index (κ3) is 4.92. The summed E-state index contributed by atoms with van der Waals surface area (Å²) < 4.78 is 19.2. The molecule has 7 heteroatoms. The van der Waals surface area contributed by atoms with E-state index in [0.717, 1.165) is 6.07 Å². The highest BCUT2D eigenvalue weighted by Crippen LogP contribution is 2.31. The van der Waals surface area contributed by atoms with Crippen LogP contribution in [-0.2, 0) is 6.42 Å². The Labute approximate surface area is 156 Å². The van der Waals surface area contributed by atoms with Gasteiger partial charge in [0.1, 0.15) is 5.82 Å². The molecular formula is C20H18FN3O3. The summed E-state index contributed by atoms with van der Waals surface area (Å²) in [6.45, 7) is 5.81. The van der Waals surface area contributed by atoms with Crippen LogP contribution in [0.15, 0.2) is 48.1 Å². The molecule has 2 aromatic carbocycles. The molecule has 138 valence electrons. The van der Waals surface area contributed by atoms with E-state index in [2.05, 4.69) is 17.1 Å². The highest BCUT2D eigenvalue weighted by Gasteiger charge is 2.12. The van der Waals surface area contributed by atoms with E-state index >= 15 is 0 Å². The minimum Gasteiger partial charge on any atom is -0.504 e. The molecule has 0 bridgehead atoms. The van der Waals surface area contributed by atoms with E-state index in [0.29, 0.717) is 29.9 Å². The highest BCUT2D eigenvalue weighted by molar-refractivity contribution is 5.95. The van der Waals surface area contributed by atoms with E-state index in [1.807, 2.05) is 0 Å². The van der Waals surface area contributed by atoms with E-state index in [1.165, 1.54) is 18.3 Å². The number of aromatic hydroxyl groups is 1. The Hall–Kier alpha value is -3.66. The number of rotatable bonds is 7. The van der Waals surface area contributed by atoms with Crippen LogP contribution in [0.2, 0.25) is 0 Å². The molecule has 0 aliphatic carbocycles. The van der Waals surface area contributed by atoms with Gasteiger partial charge in [-0.25, -0.2) is 9.82 Å². The second-order valence-electron chi connectivity index (χ2n) is 5.46. The summed E-state index contributed by atoms with van der Waals surface area (Å²) in [5, 5.41) is 22.7. The Morgan fingerprint density at radius 3 is 2.85 bits per heavy atom. The number of nitrogens with zero attached hydrogens (tertiary/aromatic N) is 2. The molecule has 0 radical (unpaired) electrons. The smallest absolute Gasteiger partial charge is 0.274 e. The fourth-order valence-electron chi connectivity index (χ4n) is 2.33.